The maximum Gasteiger partial charge on any atom is 0.321 e. The molecule has 2 rings (SSSR count). The average molecular weight is 401 g/mol. The SMILES string of the molecule is CCCCCCCCOC(=O)[C@@]12CC=C(CCC=C(C)C)CC1C(=O)C=CC2=O. The van der Waals surface area contributed by atoms with Crippen molar-refractivity contribution in [1.29, 1.82) is 0 Å². The molecule has 4 heteroatoms. The number of rotatable bonds is 11. The Labute approximate surface area is 175 Å². The van der Waals surface area contributed by atoms with Crippen molar-refractivity contribution in [3.8, 4) is 0 Å². The highest BCUT2D eigenvalue weighted by molar-refractivity contribution is 6.18. The molecule has 0 radical (unpaired) electrons. The zero-order valence-electron chi connectivity index (χ0n) is 18.3. The first-order valence-corrected chi connectivity index (χ1v) is 11.2. The summed E-state index contributed by atoms with van der Waals surface area (Å²) in [5, 5.41) is 0. The summed E-state index contributed by atoms with van der Waals surface area (Å²) in [7, 11) is 0. The molecular weight excluding hydrogens is 364 g/mol. The number of unbranched alkanes of at least 4 members (excludes halogenated alkanes) is 5. The van der Waals surface area contributed by atoms with Gasteiger partial charge >= 0.3 is 5.97 Å². The molecule has 4 nitrogen and oxygen atoms in total. The van der Waals surface area contributed by atoms with E-state index in [1.54, 1.807) is 0 Å². The second kappa shape index (κ2) is 11.3. The highest BCUT2D eigenvalue weighted by Crippen LogP contribution is 2.46. The predicted molar refractivity (Wildman–Crippen MR) is 115 cm³/mol. The number of ketones is 2. The lowest BCUT2D eigenvalue weighted by Crippen LogP contribution is -2.52. The van der Waals surface area contributed by atoms with Crippen molar-refractivity contribution in [2.75, 3.05) is 6.61 Å². The lowest BCUT2D eigenvalue weighted by molar-refractivity contribution is -0.166. The predicted octanol–water partition coefficient (Wildman–Crippen LogP) is 5.67. The van der Waals surface area contributed by atoms with E-state index in [-0.39, 0.29) is 18.0 Å². The molecule has 0 aromatic heterocycles. The van der Waals surface area contributed by atoms with Gasteiger partial charge in [0, 0.05) is 5.92 Å². The van der Waals surface area contributed by atoms with Crippen LogP contribution in [0.15, 0.2) is 35.5 Å². The fourth-order valence-electron chi connectivity index (χ4n) is 4.26. The highest BCUT2D eigenvalue weighted by atomic mass is 16.5. The highest BCUT2D eigenvalue weighted by Gasteiger charge is 2.56. The van der Waals surface area contributed by atoms with Crippen molar-refractivity contribution in [3.63, 3.8) is 0 Å². The number of carbonyl (C=O) groups excluding carboxylic acids is 3. The van der Waals surface area contributed by atoms with Gasteiger partial charge in [-0.1, -0.05) is 62.3 Å². The molecule has 0 aromatic rings. The molecule has 0 aromatic carbocycles. The summed E-state index contributed by atoms with van der Waals surface area (Å²) in [5.74, 6) is -1.55. The number of ether oxygens (including phenoxy) is 1. The van der Waals surface area contributed by atoms with Crippen LogP contribution in [0.3, 0.4) is 0 Å². The second-order valence-corrected chi connectivity index (χ2v) is 8.62. The Kier molecular flexibility index (Phi) is 9.06. The molecule has 0 saturated carbocycles. The lowest BCUT2D eigenvalue weighted by atomic mass is 9.60. The van der Waals surface area contributed by atoms with Crippen LogP contribution in [0.4, 0.5) is 0 Å². The topological polar surface area (TPSA) is 60.4 Å². The first kappa shape index (κ1) is 23.3. The molecule has 1 unspecified atom stereocenters. The summed E-state index contributed by atoms with van der Waals surface area (Å²) in [6, 6.07) is 0. The molecule has 2 aliphatic carbocycles. The second-order valence-electron chi connectivity index (χ2n) is 8.62. The lowest BCUT2D eigenvalue weighted by Gasteiger charge is -2.40. The van der Waals surface area contributed by atoms with Crippen LogP contribution in [-0.2, 0) is 19.1 Å². The van der Waals surface area contributed by atoms with Crippen LogP contribution in [0.5, 0.6) is 0 Å². The van der Waals surface area contributed by atoms with Gasteiger partial charge < -0.3 is 4.74 Å². The molecule has 0 heterocycles. The molecule has 29 heavy (non-hydrogen) atoms. The summed E-state index contributed by atoms with van der Waals surface area (Å²) in [6.07, 6.45) is 15.9. The first-order chi connectivity index (χ1) is 13.9. The maximum atomic E-state index is 13.0. The van der Waals surface area contributed by atoms with E-state index in [2.05, 4.69) is 26.8 Å². The van der Waals surface area contributed by atoms with Gasteiger partial charge in [-0.3, -0.25) is 14.4 Å². The Balaban J connectivity index is 2.01. The van der Waals surface area contributed by atoms with Crippen molar-refractivity contribution in [3.05, 3.63) is 35.5 Å². The summed E-state index contributed by atoms with van der Waals surface area (Å²) in [5.41, 5.74) is 1.07. The van der Waals surface area contributed by atoms with Gasteiger partial charge in [-0.25, -0.2) is 0 Å². The van der Waals surface area contributed by atoms with Crippen molar-refractivity contribution < 1.29 is 19.1 Å². The van der Waals surface area contributed by atoms with E-state index < -0.39 is 17.3 Å². The van der Waals surface area contributed by atoms with Crippen molar-refractivity contribution in [2.45, 2.75) is 85.0 Å². The van der Waals surface area contributed by atoms with Crippen molar-refractivity contribution in [1.82, 2.24) is 0 Å². The van der Waals surface area contributed by atoms with Crippen LogP contribution in [0.25, 0.3) is 0 Å². The van der Waals surface area contributed by atoms with E-state index in [9.17, 15) is 14.4 Å². The number of hydrogen-bond acceptors (Lipinski definition) is 4. The average Bonchev–Trinajstić information content (AvgIpc) is 2.70. The van der Waals surface area contributed by atoms with Crippen LogP contribution in [0.2, 0.25) is 0 Å². The summed E-state index contributed by atoms with van der Waals surface area (Å²) in [4.78, 5) is 38.4. The molecule has 0 N–H and O–H groups in total. The molecule has 0 fully saturated rings. The number of allylic oxidation sites excluding steroid dienone is 6. The maximum absolute atomic E-state index is 13.0. The van der Waals surface area contributed by atoms with Crippen LogP contribution in [0.1, 0.15) is 85.0 Å². The Bertz CT molecular complexity index is 694. The molecule has 160 valence electrons. The van der Waals surface area contributed by atoms with Gasteiger partial charge in [0.25, 0.3) is 0 Å². The van der Waals surface area contributed by atoms with Crippen molar-refractivity contribution >= 4 is 17.5 Å². The van der Waals surface area contributed by atoms with E-state index in [1.807, 2.05) is 6.08 Å². The minimum Gasteiger partial charge on any atom is -0.465 e. The van der Waals surface area contributed by atoms with Crippen LogP contribution >= 0.6 is 0 Å². The molecule has 0 amide bonds. The van der Waals surface area contributed by atoms with E-state index >= 15 is 0 Å². The fraction of sp³-hybridized carbons (Fsp3) is 0.640. The minimum absolute atomic E-state index is 0.131. The summed E-state index contributed by atoms with van der Waals surface area (Å²) < 4.78 is 5.53. The van der Waals surface area contributed by atoms with E-state index in [4.69, 9.17) is 4.74 Å². The van der Waals surface area contributed by atoms with E-state index in [0.717, 1.165) is 37.7 Å². The quantitative estimate of drug-likeness (QED) is 0.194. The van der Waals surface area contributed by atoms with Gasteiger partial charge in [-0.2, -0.15) is 0 Å². The Morgan fingerprint density at radius 1 is 1.14 bits per heavy atom. The van der Waals surface area contributed by atoms with Crippen LogP contribution in [-0.4, -0.2) is 24.1 Å². The van der Waals surface area contributed by atoms with Gasteiger partial charge in [0.1, 0.15) is 5.41 Å². The van der Waals surface area contributed by atoms with Crippen LogP contribution < -0.4 is 0 Å². The zero-order valence-corrected chi connectivity index (χ0v) is 18.3. The summed E-state index contributed by atoms with van der Waals surface area (Å²) >= 11 is 0. The number of hydrogen-bond donors (Lipinski definition) is 0. The Morgan fingerprint density at radius 2 is 1.86 bits per heavy atom. The minimum atomic E-state index is -1.35. The number of carbonyl (C=O) groups is 3. The molecule has 0 saturated heterocycles. The largest absolute Gasteiger partial charge is 0.465 e. The van der Waals surface area contributed by atoms with E-state index in [0.29, 0.717) is 13.0 Å². The standard InChI is InChI=1S/C25H36O4/c1-4-5-6-7-8-9-17-29-24(28)25-16-15-20(12-10-11-19(2)3)18-21(25)22(26)13-14-23(25)27/h11,13-15,21H,4-10,12,16-18H2,1-3H3/t21?,25-/m0/s1. The van der Waals surface area contributed by atoms with Crippen LogP contribution in [0, 0.1) is 11.3 Å². The molecule has 0 spiro atoms. The van der Waals surface area contributed by atoms with Gasteiger partial charge in [0.05, 0.1) is 6.61 Å². The third-order valence-electron chi connectivity index (χ3n) is 6.07. The first-order valence-electron chi connectivity index (χ1n) is 11.2. The fourth-order valence-corrected chi connectivity index (χ4v) is 4.26. The van der Waals surface area contributed by atoms with Gasteiger partial charge in [0.15, 0.2) is 11.6 Å². The monoisotopic (exact) mass is 400 g/mol. The zero-order chi connectivity index (χ0) is 21.3. The van der Waals surface area contributed by atoms with E-state index in [1.165, 1.54) is 37.0 Å². The summed E-state index contributed by atoms with van der Waals surface area (Å²) in [6.45, 7) is 6.63. The van der Waals surface area contributed by atoms with Crippen molar-refractivity contribution in [2.24, 2.45) is 11.3 Å². The third kappa shape index (κ3) is 6.01. The number of fused-ring (bicyclic) bond motifs is 1. The Hall–Kier alpha value is -1.97. The molecule has 2 aliphatic rings. The third-order valence-corrected chi connectivity index (χ3v) is 6.07. The molecular formula is C25H36O4. The molecule has 2 atom stereocenters. The van der Waals surface area contributed by atoms with Gasteiger partial charge in [-0.05, 0) is 58.1 Å². The number of esters is 1. The smallest absolute Gasteiger partial charge is 0.321 e. The molecule has 0 aliphatic heterocycles. The van der Waals surface area contributed by atoms with Gasteiger partial charge in [-0.15, -0.1) is 0 Å². The molecule has 0 bridgehead atoms. The normalized spacial score (nSPS) is 23.4. The Morgan fingerprint density at radius 3 is 2.59 bits per heavy atom. The van der Waals surface area contributed by atoms with Gasteiger partial charge in [0.2, 0.25) is 0 Å².